The van der Waals surface area contributed by atoms with E-state index < -0.39 is 0 Å². The van der Waals surface area contributed by atoms with Crippen LogP contribution in [0.2, 0.25) is 0 Å². The summed E-state index contributed by atoms with van der Waals surface area (Å²) in [5.41, 5.74) is 3.48. The number of benzene rings is 3. The molecule has 3 rings (SSSR count). The van der Waals surface area contributed by atoms with E-state index in [1.165, 1.54) is 0 Å². The molecule has 5 heteroatoms. The summed E-state index contributed by atoms with van der Waals surface area (Å²) in [6.45, 7) is 0. The normalized spacial score (nSPS) is 10.3. The summed E-state index contributed by atoms with van der Waals surface area (Å²) in [6.07, 6.45) is 0. The predicted molar refractivity (Wildman–Crippen MR) is 116 cm³/mol. The van der Waals surface area contributed by atoms with Crippen molar-refractivity contribution in [2.24, 2.45) is 0 Å². The largest absolute Gasteiger partial charge is 0.293 e. The van der Waals surface area contributed by atoms with Gasteiger partial charge in [0, 0.05) is 11.1 Å². The summed E-state index contributed by atoms with van der Waals surface area (Å²) in [7, 11) is 0. The van der Waals surface area contributed by atoms with Gasteiger partial charge in [0.2, 0.25) is 0 Å². The van der Waals surface area contributed by atoms with Crippen molar-refractivity contribution in [2.45, 2.75) is 0 Å². The van der Waals surface area contributed by atoms with Crippen LogP contribution in [0.3, 0.4) is 0 Å². The Kier molecular flexibility index (Phi) is 7.11. The second-order valence-corrected chi connectivity index (χ2v) is 6.52. The number of halogens is 3. The Labute approximate surface area is 173 Å². The standard InChI is InChI=1S/C20H14Br2O2.BrH/c21-11-19(23)14-9-7-13(8-10-14)15-3-1-5-17-16(15)4-2-6-18(17)20(24)12-22;/h1-10H,11-12H2;1H. The molecule has 0 N–H and O–H groups in total. The molecule has 0 aromatic heterocycles. The highest BCUT2D eigenvalue weighted by Crippen LogP contribution is 2.31. The molecule has 25 heavy (non-hydrogen) atoms. The molecule has 0 spiro atoms. The molecule has 0 saturated carbocycles. The van der Waals surface area contributed by atoms with Gasteiger partial charge < -0.3 is 0 Å². The molecule has 0 aliphatic rings. The molecule has 128 valence electrons. The quantitative estimate of drug-likeness (QED) is 0.291. The van der Waals surface area contributed by atoms with Crippen LogP contribution in [0.1, 0.15) is 20.7 Å². The lowest BCUT2D eigenvalue weighted by molar-refractivity contribution is 0.101. The summed E-state index contributed by atoms with van der Waals surface area (Å²) in [5, 5.41) is 2.60. The summed E-state index contributed by atoms with van der Waals surface area (Å²) in [6, 6.07) is 19.3. The Hall–Kier alpha value is -1.30. The Morgan fingerprint density at radius 3 is 1.96 bits per heavy atom. The third-order valence-corrected chi connectivity index (χ3v) is 5.00. The molecule has 0 bridgehead atoms. The van der Waals surface area contributed by atoms with E-state index in [1.54, 1.807) is 0 Å². The highest BCUT2D eigenvalue weighted by atomic mass is 79.9. The molecule has 0 aliphatic heterocycles. The SMILES string of the molecule is Br.O=C(CBr)c1ccc(-c2cccc3c(C(=O)CBr)cccc23)cc1. The number of carbonyl (C=O) groups excluding carboxylic acids is 2. The summed E-state index contributed by atoms with van der Waals surface area (Å²) in [5.74, 6) is 0.126. The molecule has 2 nitrogen and oxygen atoms in total. The van der Waals surface area contributed by atoms with Crippen LogP contribution in [0.4, 0.5) is 0 Å². The number of rotatable bonds is 5. The molecule has 0 heterocycles. The van der Waals surface area contributed by atoms with Crippen molar-refractivity contribution in [3.8, 4) is 11.1 Å². The summed E-state index contributed by atoms with van der Waals surface area (Å²) >= 11 is 6.43. The van der Waals surface area contributed by atoms with Crippen LogP contribution in [0, 0.1) is 0 Å². The smallest absolute Gasteiger partial charge is 0.173 e. The average molecular weight is 527 g/mol. The molecule has 0 amide bonds. The first kappa shape index (κ1) is 20.0. The maximum atomic E-state index is 12.1. The van der Waals surface area contributed by atoms with E-state index in [-0.39, 0.29) is 28.5 Å². The number of fused-ring (bicyclic) bond motifs is 1. The van der Waals surface area contributed by atoms with Crippen molar-refractivity contribution in [2.75, 3.05) is 10.7 Å². The third-order valence-electron chi connectivity index (χ3n) is 3.98. The molecular weight excluding hydrogens is 512 g/mol. The molecule has 3 aromatic carbocycles. The number of hydrogen-bond donors (Lipinski definition) is 0. The van der Waals surface area contributed by atoms with E-state index in [9.17, 15) is 9.59 Å². The first-order valence-electron chi connectivity index (χ1n) is 7.46. The molecule has 0 aliphatic carbocycles. The van der Waals surface area contributed by atoms with E-state index >= 15 is 0 Å². The van der Waals surface area contributed by atoms with Crippen molar-refractivity contribution < 1.29 is 9.59 Å². The van der Waals surface area contributed by atoms with E-state index in [2.05, 4.69) is 31.9 Å². The van der Waals surface area contributed by atoms with E-state index in [0.717, 1.165) is 27.5 Å². The molecule has 3 aromatic rings. The lowest BCUT2D eigenvalue weighted by atomic mass is 9.94. The minimum atomic E-state index is 0. The minimum Gasteiger partial charge on any atom is -0.293 e. The van der Waals surface area contributed by atoms with Gasteiger partial charge in [0.15, 0.2) is 11.6 Å². The Morgan fingerprint density at radius 2 is 1.32 bits per heavy atom. The summed E-state index contributed by atoms with van der Waals surface area (Å²) < 4.78 is 0. The number of carbonyl (C=O) groups is 2. The van der Waals surface area contributed by atoms with Gasteiger partial charge >= 0.3 is 0 Å². The molecule has 0 atom stereocenters. The number of Topliss-reactive ketones (excluding diaryl/α,β-unsaturated/α-hetero) is 2. The highest BCUT2D eigenvalue weighted by molar-refractivity contribution is 9.09. The van der Waals surface area contributed by atoms with E-state index in [1.807, 2.05) is 60.7 Å². The number of ketones is 2. The van der Waals surface area contributed by atoms with Gasteiger partial charge in [0.1, 0.15) is 0 Å². The fourth-order valence-corrected chi connectivity index (χ4v) is 3.42. The summed E-state index contributed by atoms with van der Waals surface area (Å²) in [4.78, 5) is 23.9. The van der Waals surface area contributed by atoms with E-state index in [0.29, 0.717) is 16.2 Å². The Morgan fingerprint density at radius 1 is 0.720 bits per heavy atom. The number of alkyl halides is 2. The highest BCUT2D eigenvalue weighted by Gasteiger charge is 2.12. The van der Waals surface area contributed by atoms with Crippen LogP contribution < -0.4 is 0 Å². The first-order chi connectivity index (χ1) is 11.7. The first-order valence-corrected chi connectivity index (χ1v) is 9.70. The molecular formula is C20H15Br3O2. The van der Waals surface area contributed by atoms with Gasteiger partial charge in [-0.2, -0.15) is 0 Å². The zero-order valence-electron chi connectivity index (χ0n) is 13.2. The maximum absolute atomic E-state index is 12.1. The second kappa shape index (κ2) is 8.88. The lowest BCUT2D eigenvalue weighted by Gasteiger charge is -2.10. The zero-order chi connectivity index (χ0) is 17.1. The molecule has 0 saturated heterocycles. The van der Waals surface area contributed by atoms with Gasteiger partial charge in [-0.1, -0.05) is 92.5 Å². The zero-order valence-corrected chi connectivity index (χ0v) is 18.1. The molecule has 0 radical (unpaired) electrons. The van der Waals surface area contributed by atoms with Gasteiger partial charge in [0.05, 0.1) is 10.7 Å². The maximum Gasteiger partial charge on any atom is 0.173 e. The van der Waals surface area contributed by atoms with Crippen LogP contribution in [0.15, 0.2) is 60.7 Å². The third kappa shape index (κ3) is 4.10. The van der Waals surface area contributed by atoms with Gasteiger partial charge in [-0.3, -0.25) is 9.59 Å². The number of hydrogen-bond acceptors (Lipinski definition) is 2. The van der Waals surface area contributed by atoms with Crippen LogP contribution in [0.5, 0.6) is 0 Å². The molecule has 0 unspecified atom stereocenters. The monoisotopic (exact) mass is 524 g/mol. The van der Waals surface area contributed by atoms with E-state index in [4.69, 9.17) is 0 Å². The van der Waals surface area contributed by atoms with Crippen molar-refractivity contribution in [3.05, 3.63) is 71.8 Å². The van der Waals surface area contributed by atoms with Crippen molar-refractivity contribution in [1.82, 2.24) is 0 Å². The van der Waals surface area contributed by atoms with Crippen LogP contribution in [-0.4, -0.2) is 22.2 Å². The lowest BCUT2D eigenvalue weighted by Crippen LogP contribution is -2.01. The van der Waals surface area contributed by atoms with Crippen LogP contribution in [-0.2, 0) is 0 Å². The van der Waals surface area contributed by atoms with Crippen LogP contribution in [0.25, 0.3) is 21.9 Å². The second-order valence-electron chi connectivity index (χ2n) is 5.40. The Balaban J connectivity index is 0.00000225. The van der Waals surface area contributed by atoms with Crippen molar-refractivity contribution in [1.29, 1.82) is 0 Å². The van der Waals surface area contributed by atoms with Crippen molar-refractivity contribution in [3.63, 3.8) is 0 Å². The fourth-order valence-electron chi connectivity index (χ4n) is 2.79. The molecule has 0 fully saturated rings. The van der Waals surface area contributed by atoms with Crippen molar-refractivity contribution >= 4 is 71.2 Å². The van der Waals surface area contributed by atoms with Gasteiger partial charge in [-0.05, 0) is 21.9 Å². The minimum absolute atomic E-state index is 0. The average Bonchev–Trinajstić information content (AvgIpc) is 2.66. The topological polar surface area (TPSA) is 34.1 Å². The Bertz CT molecular complexity index is 918. The van der Waals surface area contributed by atoms with Gasteiger partial charge in [-0.25, -0.2) is 0 Å². The van der Waals surface area contributed by atoms with Gasteiger partial charge in [0.25, 0.3) is 0 Å². The fraction of sp³-hybridized carbons (Fsp3) is 0.100. The predicted octanol–water partition coefficient (Wildman–Crippen LogP) is 6.24. The van der Waals surface area contributed by atoms with Crippen LogP contribution >= 0.6 is 48.8 Å². The van der Waals surface area contributed by atoms with Gasteiger partial charge in [-0.15, -0.1) is 17.0 Å².